The molecule has 4 nitrogen and oxygen atoms in total. The summed E-state index contributed by atoms with van der Waals surface area (Å²) in [6.45, 7) is 0.753. The molecule has 2 aliphatic heterocycles. The molecule has 2 heterocycles. The van der Waals surface area contributed by atoms with Gasteiger partial charge in [-0.15, -0.1) is 0 Å². The molecule has 2 fully saturated rings. The Hall–Kier alpha value is -1.91. The number of piperidine rings is 1. The topological polar surface area (TPSA) is 40.6 Å². The van der Waals surface area contributed by atoms with Gasteiger partial charge in [0.15, 0.2) is 0 Å². The maximum Gasteiger partial charge on any atom is 0.227 e. The Morgan fingerprint density at radius 3 is 2.61 bits per heavy atom. The largest absolute Gasteiger partial charge is 0.341 e. The highest BCUT2D eigenvalue weighted by molar-refractivity contribution is 5.80. The van der Waals surface area contributed by atoms with Crippen LogP contribution in [0.25, 0.3) is 0 Å². The van der Waals surface area contributed by atoms with Crippen LogP contribution in [0, 0.1) is 5.82 Å². The summed E-state index contributed by atoms with van der Waals surface area (Å²) in [7, 11) is 1.86. The highest BCUT2D eigenvalue weighted by Crippen LogP contribution is 2.29. The van der Waals surface area contributed by atoms with Crippen molar-refractivity contribution in [2.75, 3.05) is 13.6 Å². The van der Waals surface area contributed by atoms with Gasteiger partial charge in [0, 0.05) is 20.0 Å². The van der Waals surface area contributed by atoms with Crippen LogP contribution in [-0.2, 0) is 16.0 Å². The molecular formula is C18H23FN2O2. The molecule has 0 unspecified atom stereocenters. The van der Waals surface area contributed by atoms with E-state index < -0.39 is 0 Å². The van der Waals surface area contributed by atoms with E-state index >= 15 is 0 Å². The van der Waals surface area contributed by atoms with Crippen molar-refractivity contribution in [3.63, 3.8) is 0 Å². The van der Waals surface area contributed by atoms with E-state index in [0.717, 1.165) is 37.8 Å². The van der Waals surface area contributed by atoms with Crippen molar-refractivity contribution in [3.8, 4) is 0 Å². The van der Waals surface area contributed by atoms with Crippen molar-refractivity contribution >= 4 is 11.8 Å². The van der Waals surface area contributed by atoms with E-state index in [2.05, 4.69) is 0 Å². The van der Waals surface area contributed by atoms with Crippen molar-refractivity contribution in [1.29, 1.82) is 0 Å². The summed E-state index contributed by atoms with van der Waals surface area (Å²) in [6, 6.07) is 6.36. The fourth-order valence-corrected chi connectivity index (χ4v) is 3.85. The first-order chi connectivity index (χ1) is 11.1. The van der Waals surface area contributed by atoms with Gasteiger partial charge in [0.05, 0.1) is 18.5 Å². The third-order valence-electron chi connectivity index (χ3n) is 5.11. The summed E-state index contributed by atoms with van der Waals surface area (Å²) in [5.74, 6) is -0.0254. The van der Waals surface area contributed by atoms with Gasteiger partial charge in [0.2, 0.25) is 11.8 Å². The molecule has 0 aliphatic carbocycles. The molecule has 2 aliphatic rings. The lowest BCUT2D eigenvalue weighted by Gasteiger charge is -2.43. The van der Waals surface area contributed by atoms with Crippen LogP contribution in [-0.4, -0.2) is 47.3 Å². The number of amides is 2. The number of benzene rings is 1. The van der Waals surface area contributed by atoms with Gasteiger partial charge < -0.3 is 9.80 Å². The van der Waals surface area contributed by atoms with E-state index in [9.17, 15) is 14.0 Å². The zero-order chi connectivity index (χ0) is 16.4. The second-order valence-corrected chi connectivity index (χ2v) is 6.56. The number of rotatable bonds is 2. The van der Waals surface area contributed by atoms with Gasteiger partial charge in [-0.2, -0.15) is 0 Å². The minimum atomic E-state index is -0.289. The Labute approximate surface area is 136 Å². The van der Waals surface area contributed by atoms with Crippen LogP contribution >= 0.6 is 0 Å². The van der Waals surface area contributed by atoms with Crippen LogP contribution in [0.3, 0.4) is 0 Å². The average Bonchev–Trinajstić information content (AvgIpc) is 2.69. The molecular weight excluding hydrogens is 295 g/mol. The van der Waals surface area contributed by atoms with Crippen LogP contribution in [0.2, 0.25) is 0 Å². The first-order valence-corrected chi connectivity index (χ1v) is 8.36. The monoisotopic (exact) mass is 318 g/mol. The van der Waals surface area contributed by atoms with E-state index in [1.54, 1.807) is 12.1 Å². The molecule has 5 heteroatoms. The fraction of sp³-hybridized carbons (Fsp3) is 0.556. The molecule has 2 amide bonds. The molecule has 0 N–H and O–H groups in total. The summed E-state index contributed by atoms with van der Waals surface area (Å²) in [5.41, 5.74) is 0.830. The van der Waals surface area contributed by atoms with Crippen LogP contribution < -0.4 is 0 Å². The molecule has 2 saturated heterocycles. The van der Waals surface area contributed by atoms with E-state index in [1.165, 1.54) is 12.1 Å². The second-order valence-electron chi connectivity index (χ2n) is 6.56. The van der Waals surface area contributed by atoms with Crippen molar-refractivity contribution in [1.82, 2.24) is 9.80 Å². The van der Waals surface area contributed by atoms with Crippen molar-refractivity contribution in [2.24, 2.45) is 0 Å². The highest BCUT2D eigenvalue weighted by Gasteiger charge is 2.39. The molecule has 1 aromatic rings. The lowest BCUT2D eigenvalue weighted by atomic mass is 9.92. The maximum atomic E-state index is 13.0. The van der Waals surface area contributed by atoms with Gasteiger partial charge in [-0.3, -0.25) is 9.59 Å². The average molecular weight is 318 g/mol. The summed E-state index contributed by atoms with van der Waals surface area (Å²) < 4.78 is 13.0. The van der Waals surface area contributed by atoms with Crippen LogP contribution in [0.15, 0.2) is 24.3 Å². The number of halogens is 1. The number of fused-ring (bicyclic) bond motifs is 1. The third-order valence-corrected chi connectivity index (χ3v) is 5.11. The van der Waals surface area contributed by atoms with Gasteiger partial charge in [-0.25, -0.2) is 4.39 Å². The first-order valence-electron chi connectivity index (χ1n) is 8.36. The van der Waals surface area contributed by atoms with Crippen LogP contribution in [0.4, 0.5) is 4.39 Å². The van der Waals surface area contributed by atoms with E-state index in [-0.39, 0.29) is 29.7 Å². The molecule has 0 saturated carbocycles. The smallest absolute Gasteiger partial charge is 0.227 e. The van der Waals surface area contributed by atoms with Gasteiger partial charge in [0.25, 0.3) is 0 Å². The predicted octanol–water partition coefficient (Wildman–Crippen LogP) is 2.37. The Morgan fingerprint density at radius 1 is 1.17 bits per heavy atom. The molecule has 0 aromatic heterocycles. The Balaban J connectivity index is 1.74. The van der Waals surface area contributed by atoms with Crippen molar-refractivity contribution < 1.29 is 14.0 Å². The summed E-state index contributed by atoms with van der Waals surface area (Å²) in [5, 5.41) is 0. The molecule has 124 valence electrons. The second kappa shape index (κ2) is 6.69. The summed E-state index contributed by atoms with van der Waals surface area (Å²) in [6.07, 6.45) is 4.48. The molecule has 3 rings (SSSR count). The van der Waals surface area contributed by atoms with Crippen LogP contribution in [0.5, 0.6) is 0 Å². The first kappa shape index (κ1) is 16.0. The third kappa shape index (κ3) is 3.38. The lowest BCUT2D eigenvalue weighted by Crippen LogP contribution is -2.56. The molecule has 1 aromatic carbocycles. The predicted molar refractivity (Wildman–Crippen MR) is 85.2 cm³/mol. The Morgan fingerprint density at radius 2 is 1.87 bits per heavy atom. The zero-order valence-corrected chi connectivity index (χ0v) is 13.5. The SMILES string of the molecule is CN1C(=O)CCC[C@@H]2[C@H]1CCCN2C(=O)Cc1ccc(F)cc1. The number of likely N-dealkylation sites (N-methyl/N-ethyl adjacent to an activating group) is 1. The van der Waals surface area contributed by atoms with Gasteiger partial charge in [-0.1, -0.05) is 12.1 Å². The van der Waals surface area contributed by atoms with E-state index in [0.29, 0.717) is 12.8 Å². The van der Waals surface area contributed by atoms with Crippen LogP contribution in [0.1, 0.15) is 37.7 Å². The molecule has 2 atom stereocenters. The number of nitrogens with zero attached hydrogens (tertiary/aromatic N) is 2. The normalized spacial score (nSPS) is 25.0. The minimum absolute atomic E-state index is 0.0778. The lowest BCUT2D eigenvalue weighted by molar-refractivity contribution is -0.140. The highest BCUT2D eigenvalue weighted by atomic mass is 19.1. The van der Waals surface area contributed by atoms with Gasteiger partial charge >= 0.3 is 0 Å². The maximum absolute atomic E-state index is 13.0. The number of hydrogen-bond donors (Lipinski definition) is 0. The number of carbonyl (C=O) groups is 2. The Bertz CT molecular complexity index is 587. The quantitative estimate of drug-likeness (QED) is 0.840. The standard InChI is InChI=1S/C18H23FN2O2/c1-20-15-5-3-11-21(16(15)4-2-6-17(20)22)18(23)12-13-7-9-14(19)10-8-13/h7-10,15-16H,2-6,11-12H2,1H3/t15-,16-/m1/s1. The van der Waals surface area contributed by atoms with Gasteiger partial charge in [-0.05, 0) is 43.4 Å². The Kier molecular flexibility index (Phi) is 4.64. The van der Waals surface area contributed by atoms with E-state index in [4.69, 9.17) is 0 Å². The molecule has 23 heavy (non-hydrogen) atoms. The molecule has 0 spiro atoms. The van der Waals surface area contributed by atoms with Gasteiger partial charge in [0.1, 0.15) is 5.82 Å². The molecule has 0 bridgehead atoms. The summed E-state index contributed by atoms with van der Waals surface area (Å²) in [4.78, 5) is 28.6. The van der Waals surface area contributed by atoms with Crippen molar-refractivity contribution in [3.05, 3.63) is 35.6 Å². The number of hydrogen-bond acceptors (Lipinski definition) is 2. The zero-order valence-electron chi connectivity index (χ0n) is 13.5. The summed E-state index contributed by atoms with van der Waals surface area (Å²) >= 11 is 0. The van der Waals surface area contributed by atoms with Crippen molar-refractivity contribution in [2.45, 2.75) is 50.6 Å². The minimum Gasteiger partial charge on any atom is -0.341 e. The number of carbonyl (C=O) groups excluding carboxylic acids is 2. The molecule has 0 radical (unpaired) electrons. The fourth-order valence-electron chi connectivity index (χ4n) is 3.85. The number of likely N-dealkylation sites (tertiary alicyclic amines) is 2. The van der Waals surface area contributed by atoms with E-state index in [1.807, 2.05) is 16.8 Å².